The van der Waals surface area contributed by atoms with Crippen LogP contribution in [0.2, 0.25) is 0 Å². The van der Waals surface area contributed by atoms with Crippen LogP contribution < -0.4 is 5.76 Å². The van der Waals surface area contributed by atoms with Gasteiger partial charge in [0.15, 0.2) is 5.58 Å². The Labute approximate surface area is 101 Å². The Kier molecular flexibility index (Phi) is 3.53. The number of aromatic nitrogens is 1. The number of benzene rings is 1. The van der Waals surface area contributed by atoms with Gasteiger partial charge in [0, 0.05) is 0 Å². The molecule has 0 amide bonds. The first kappa shape index (κ1) is 11.8. The van der Waals surface area contributed by atoms with Gasteiger partial charge in [0.2, 0.25) is 0 Å². The smallest absolute Gasteiger partial charge is 0.417 e. The lowest BCUT2D eigenvalue weighted by Crippen LogP contribution is -1.99. The largest absolute Gasteiger partial charge is 0.481 e. The summed E-state index contributed by atoms with van der Waals surface area (Å²) in [7, 11) is 0. The molecule has 90 valence electrons. The average Bonchev–Trinajstić information content (AvgIpc) is 2.63. The van der Waals surface area contributed by atoms with Crippen LogP contribution in [0.4, 0.5) is 0 Å². The van der Waals surface area contributed by atoms with Gasteiger partial charge in [-0.05, 0) is 29.9 Å². The van der Waals surface area contributed by atoms with Gasteiger partial charge in [-0.1, -0.05) is 6.07 Å². The third kappa shape index (κ3) is 3.13. The molecule has 0 aliphatic heterocycles. The third-order valence-corrected chi connectivity index (χ3v) is 3.19. The number of aryl methyl sites for hydroxylation is 1. The topological polar surface area (TPSA) is 83.3 Å². The molecule has 1 heterocycles. The second kappa shape index (κ2) is 5.09. The predicted octanol–water partition coefficient (Wildman–Crippen LogP) is 1.48. The maximum atomic E-state index is 10.9. The number of fused-ring (bicyclic) bond motifs is 1. The van der Waals surface area contributed by atoms with Crippen molar-refractivity contribution in [1.82, 2.24) is 4.98 Å². The van der Waals surface area contributed by atoms with E-state index in [1.807, 2.05) is 6.07 Å². The summed E-state index contributed by atoms with van der Waals surface area (Å²) in [5, 5.41) is 8.48. The summed E-state index contributed by atoms with van der Waals surface area (Å²) in [4.78, 5) is 23.8. The van der Waals surface area contributed by atoms with Gasteiger partial charge in [0.1, 0.15) is 0 Å². The van der Waals surface area contributed by atoms with E-state index in [1.165, 1.54) is 11.8 Å². The molecular formula is C11H11NO4S. The standard InChI is InChI=1S/C11H11NO4S/c13-10(14)6-17-4-3-7-1-2-8-9(5-7)16-11(15)12-8/h1-2,5H,3-4,6H2,(H,12,15)(H,13,14). The highest BCUT2D eigenvalue weighted by Gasteiger charge is 2.03. The molecule has 0 bridgehead atoms. The number of hydrogen-bond donors (Lipinski definition) is 2. The summed E-state index contributed by atoms with van der Waals surface area (Å²) < 4.78 is 4.94. The lowest BCUT2D eigenvalue weighted by Gasteiger charge is -1.99. The van der Waals surface area contributed by atoms with Crippen LogP contribution in [0.25, 0.3) is 11.1 Å². The van der Waals surface area contributed by atoms with Gasteiger partial charge >= 0.3 is 11.7 Å². The first-order valence-corrected chi connectivity index (χ1v) is 6.22. The average molecular weight is 253 g/mol. The molecule has 5 nitrogen and oxygen atoms in total. The van der Waals surface area contributed by atoms with Gasteiger partial charge in [-0.15, -0.1) is 11.8 Å². The van der Waals surface area contributed by atoms with Crippen LogP contribution in [0, 0.1) is 0 Å². The molecule has 0 unspecified atom stereocenters. The molecule has 1 aromatic carbocycles. The molecule has 0 fully saturated rings. The molecule has 2 rings (SSSR count). The first-order valence-electron chi connectivity index (χ1n) is 5.06. The highest BCUT2D eigenvalue weighted by atomic mass is 32.2. The van der Waals surface area contributed by atoms with Crippen molar-refractivity contribution in [2.24, 2.45) is 0 Å². The summed E-state index contributed by atoms with van der Waals surface area (Å²) >= 11 is 1.37. The molecule has 0 atom stereocenters. The van der Waals surface area contributed by atoms with Crippen molar-refractivity contribution >= 4 is 28.8 Å². The SMILES string of the molecule is O=C(O)CSCCc1ccc2[nH]c(=O)oc2c1. The monoisotopic (exact) mass is 253 g/mol. The fourth-order valence-electron chi connectivity index (χ4n) is 1.49. The van der Waals surface area contributed by atoms with Gasteiger partial charge < -0.3 is 9.52 Å². The van der Waals surface area contributed by atoms with E-state index < -0.39 is 11.7 Å². The summed E-state index contributed by atoms with van der Waals surface area (Å²) in [6.45, 7) is 0. The summed E-state index contributed by atoms with van der Waals surface area (Å²) in [6, 6.07) is 5.49. The maximum Gasteiger partial charge on any atom is 0.417 e. The molecule has 0 saturated heterocycles. The van der Waals surface area contributed by atoms with Crippen LogP contribution in [0.15, 0.2) is 27.4 Å². The van der Waals surface area contributed by atoms with Gasteiger partial charge in [-0.2, -0.15) is 0 Å². The van der Waals surface area contributed by atoms with E-state index in [9.17, 15) is 9.59 Å². The van der Waals surface area contributed by atoms with Gasteiger partial charge in [0.05, 0.1) is 11.3 Å². The lowest BCUT2D eigenvalue weighted by molar-refractivity contribution is -0.133. The Hall–Kier alpha value is -1.69. The molecule has 0 aliphatic carbocycles. The number of carboxylic acids is 1. The third-order valence-electron chi connectivity index (χ3n) is 2.25. The van der Waals surface area contributed by atoms with Crippen LogP contribution in [-0.4, -0.2) is 27.6 Å². The summed E-state index contributed by atoms with van der Waals surface area (Å²) in [5.41, 5.74) is 2.24. The molecule has 0 spiro atoms. The molecule has 2 N–H and O–H groups in total. The summed E-state index contributed by atoms with van der Waals surface area (Å²) in [5.74, 6) is -0.423. The zero-order chi connectivity index (χ0) is 12.3. The van der Waals surface area contributed by atoms with Crippen molar-refractivity contribution in [2.75, 3.05) is 11.5 Å². The number of hydrogen-bond acceptors (Lipinski definition) is 4. The highest BCUT2D eigenvalue weighted by Crippen LogP contribution is 2.14. The summed E-state index contributed by atoms with van der Waals surface area (Å²) in [6.07, 6.45) is 0.753. The molecule has 0 saturated carbocycles. The number of nitrogens with one attached hydrogen (secondary N) is 1. The van der Waals surface area contributed by atoms with E-state index in [-0.39, 0.29) is 5.75 Å². The van der Waals surface area contributed by atoms with E-state index in [0.717, 1.165) is 17.7 Å². The Bertz CT molecular complexity index is 586. The van der Waals surface area contributed by atoms with E-state index in [2.05, 4.69) is 4.98 Å². The minimum absolute atomic E-state index is 0.113. The fraction of sp³-hybridized carbons (Fsp3) is 0.273. The van der Waals surface area contributed by atoms with E-state index in [0.29, 0.717) is 11.1 Å². The van der Waals surface area contributed by atoms with Gasteiger partial charge in [-0.25, -0.2) is 4.79 Å². The predicted molar refractivity (Wildman–Crippen MR) is 65.5 cm³/mol. The fourth-order valence-corrected chi connectivity index (χ4v) is 2.19. The van der Waals surface area contributed by atoms with Gasteiger partial charge in [-0.3, -0.25) is 9.78 Å². The molecule has 17 heavy (non-hydrogen) atoms. The minimum atomic E-state index is -0.804. The zero-order valence-electron chi connectivity index (χ0n) is 8.93. The zero-order valence-corrected chi connectivity index (χ0v) is 9.75. The van der Waals surface area contributed by atoms with Crippen molar-refractivity contribution in [3.05, 3.63) is 34.3 Å². The van der Waals surface area contributed by atoms with Crippen molar-refractivity contribution in [3.63, 3.8) is 0 Å². The number of oxazole rings is 1. The van der Waals surface area contributed by atoms with Crippen molar-refractivity contribution < 1.29 is 14.3 Å². The quantitative estimate of drug-likeness (QED) is 0.788. The lowest BCUT2D eigenvalue weighted by atomic mass is 10.1. The molecule has 0 radical (unpaired) electrons. The van der Waals surface area contributed by atoms with Crippen molar-refractivity contribution in [2.45, 2.75) is 6.42 Å². The Balaban J connectivity index is 1.99. The Morgan fingerprint density at radius 1 is 1.47 bits per heavy atom. The van der Waals surface area contributed by atoms with Crippen LogP contribution in [0.5, 0.6) is 0 Å². The molecule has 6 heteroatoms. The van der Waals surface area contributed by atoms with E-state index >= 15 is 0 Å². The van der Waals surface area contributed by atoms with Crippen LogP contribution >= 0.6 is 11.8 Å². The van der Waals surface area contributed by atoms with Crippen LogP contribution in [0.1, 0.15) is 5.56 Å². The normalized spacial score (nSPS) is 10.8. The van der Waals surface area contributed by atoms with E-state index in [4.69, 9.17) is 9.52 Å². The molecule has 0 aliphatic rings. The number of carboxylic acid groups (broad SMARTS) is 1. The number of aliphatic carboxylic acids is 1. The second-order valence-electron chi connectivity index (χ2n) is 3.54. The minimum Gasteiger partial charge on any atom is -0.481 e. The first-order chi connectivity index (χ1) is 8.15. The van der Waals surface area contributed by atoms with Crippen LogP contribution in [-0.2, 0) is 11.2 Å². The van der Waals surface area contributed by atoms with E-state index in [1.54, 1.807) is 12.1 Å². The maximum absolute atomic E-state index is 10.9. The Morgan fingerprint density at radius 2 is 2.29 bits per heavy atom. The second-order valence-corrected chi connectivity index (χ2v) is 4.65. The number of aromatic amines is 1. The number of thioether (sulfide) groups is 1. The Morgan fingerprint density at radius 3 is 3.06 bits per heavy atom. The van der Waals surface area contributed by atoms with Crippen molar-refractivity contribution in [1.29, 1.82) is 0 Å². The molecule has 2 aromatic rings. The van der Waals surface area contributed by atoms with Crippen molar-refractivity contribution in [3.8, 4) is 0 Å². The number of carbonyl (C=O) groups is 1. The van der Waals surface area contributed by atoms with Crippen LogP contribution in [0.3, 0.4) is 0 Å². The van der Waals surface area contributed by atoms with Gasteiger partial charge in [0.25, 0.3) is 0 Å². The molecule has 1 aromatic heterocycles. The number of H-pyrrole nitrogens is 1. The molecular weight excluding hydrogens is 242 g/mol. The number of rotatable bonds is 5. The highest BCUT2D eigenvalue weighted by molar-refractivity contribution is 7.99.